The van der Waals surface area contributed by atoms with E-state index in [1.807, 2.05) is 24.3 Å². The maximum atomic E-state index is 10.0. The average molecular weight is 305 g/mol. The van der Waals surface area contributed by atoms with Crippen LogP contribution in [0.4, 0.5) is 5.69 Å². The summed E-state index contributed by atoms with van der Waals surface area (Å²) in [4.78, 5) is 0. The van der Waals surface area contributed by atoms with E-state index in [9.17, 15) is 15.3 Å². The number of nitrogen functional groups attached to an aromatic ring is 1. The summed E-state index contributed by atoms with van der Waals surface area (Å²) in [5, 5.41) is 29.8. The van der Waals surface area contributed by atoms with Crippen molar-refractivity contribution in [2.45, 2.75) is 56.7 Å². The molecule has 1 heterocycles. The summed E-state index contributed by atoms with van der Waals surface area (Å²) in [7, 11) is 0. The van der Waals surface area contributed by atoms with Crippen LogP contribution in [0.1, 0.15) is 25.3 Å². The molecule has 0 aliphatic carbocycles. The molecule has 2 rings (SSSR count). The molecule has 1 aromatic rings. The van der Waals surface area contributed by atoms with E-state index in [0.29, 0.717) is 6.42 Å². The molecule has 0 bridgehead atoms. The number of aliphatic hydroxyl groups is 3. The van der Waals surface area contributed by atoms with Gasteiger partial charge in [0.1, 0.15) is 24.4 Å². The summed E-state index contributed by atoms with van der Waals surface area (Å²) in [6, 6.07) is 7.65. The third-order valence-corrected chi connectivity index (χ3v) is 3.93. The molecule has 0 saturated carbocycles. The highest BCUT2D eigenvalue weighted by Crippen LogP contribution is 2.24. The Kier molecular flexibility index (Phi) is 5.81. The highest BCUT2D eigenvalue weighted by molar-refractivity contribution is 5.39. The Bertz CT molecular complexity index is 534. The molecule has 5 N–H and O–H groups in total. The van der Waals surface area contributed by atoms with Gasteiger partial charge in [0.15, 0.2) is 0 Å². The van der Waals surface area contributed by atoms with Gasteiger partial charge in [-0.2, -0.15) is 0 Å². The van der Waals surface area contributed by atoms with Crippen LogP contribution in [-0.4, -0.2) is 45.8 Å². The number of rotatable bonds is 4. The van der Waals surface area contributed by atoms with Gasteiger partial charge in [-0.15, -0.1) is 5.92 Å². The van der Waals surface area contributed by atoms with Crippen LogP contribution in [0.15, 0.2) is 24.3 Å². The van der Waals surface area contributed by atoms with Crippen molar-refractivity contribution in [1.29, 1.82) is 0 Å². The minimum Gasteiger partial charge on any atom is -0.399 e. The summed E-state index contributed by atoms with van der Waals surface area (Å²) in [6.45, 7) is 1.64. The molecule has 1 saturated heterocycles. The lowest BCUT2D eigenvalue weighted by molar-refractivity contribution is -0.208. The number of anilines is 1. The molecule has 5 nitrogen and oxygen atoms in total. The first-order chi connectivity index (χ1) is 10.5. The molecular formula is C17H23NO4. The van der Waals surface area contributed by atoms with E-state index >= 15 is 0 Å². The molecule has 0 spiro atoms. The summed E-state index contributed by atoms with van der Waals surface area (Å²) < 4.78 is 5.63. The van der Waals surface area contributed by atoms with Crippen molar-refractivity contribution < 1.29 is 20.1 Å². The maximum Gasteiger partial charge on any atom is 0.147 e. The van der Waals surface area contributed by atoms with Crippen molar-refractivity contribution in [1.82, 2.24) is 0 Å². The number of aliphatic hydroxyl groups excluding tert-OH is 3. The fourth-order valence-electron chi connectivity index (χ4n) is 2.64. The number of benzene rings is 1. The Labute approximate surface area is 130 Å². The lowest BCUT2D eigenvalue weighted by Gasteiger charge is -2.38. The summed E-state index contributed by atoms with van der Waals surface area (Å²) in [5.41, 5.74) is 7.53. The van der Waals surface area contributed by atoms with Gasteiger partial charge in [-0.3, -0.25) is 0 Å². The van der Waals surface area contributed by atoms with Gasteiger partial charge in [0.05, 0.1) is 6.10 Å². The van der Waals surface area contributed by atoms with Crippen LogP contribution in [0.5, 0.6) is 0 Å². The van der Waals surface area contributed by atoms with Gasteiger partial charge < -0.3 is 25.8 Å². The van der Waals surface area contributed by atoms with Crippen LogP contribution in [-0.2, 0) is 11.2 Å². The number of hydrogen-bond acceptors (Lipinski definition) is 5. The van der Waals surface area contributed by atoms with Crippen LogP contribution >= 0.6 is 0 Å². The normalized spacial score (nSPS) is 31.4. The predicted molar refractivity (Wildman–Crippen MR) is 83.9 cm³/mol. The monoisotopic (exact) mass is 305 g/mol. The number of hydrogen-bond donors (Lipinski definition) is 4. The Hall–Kier alpha value is -1.58. The number of ether oxygens (including phenoxy) is 1. The fourth-order valence-corrected chi connectivity index (χ4v) is 2.64. The minimum absolute atomic E-state index is 0.530. The molecular weight excluding hydrogens is 282 g/mol. The van der Waals surface area contributed by atoms with E-state index in [0.717, 1.165) is 24.1 Å². The zero-order valence-corrected chi connectivity index (χ0v) is 12.6. The van der Waals surface area contributed by atoms with Crippen LogP contribution in [0.25, 0.3) is 0 Å². The van der Waals surface area contributed by atoms with Crippen LogP contribution in [0.3, 0.4) is 0 Å². The van der Waals surface area contributed by atoms with Crippen molar-refractivity contribution in [2.75, 3.05) is 5.73 Å². The molecule has 5 atom stereocenters. The standard InChI is InChI=1S/C17H23NO4/c1-2-4-13-15(19)17(21)16(20)14(22-13)6-3-5-11-7-9-12(18)10-8-11/h7-10,13-17,19-21H,3,5-6,18H2,1H3/t13?,14-,15+,16?,17-/m0/s1. The van der Waals surface area contributed by atoms with Gasteiger partial charge in [-0.1, -0.05) is 18.1 Å². The molecule has 0 amide bonds. The third-order valence-electron chi connectivity index (χ3n) is 3.93. The molecule has 1 aromatic carbocycles. The zero-order chi connectivity index (χ0) is 16.1. The average Bonchev–Trinajstić information content (AvgIpc) is 2.51. The van der Waals surface area contributed by atoms with E-state index in [2.05, 4.69) is 11.8 Å². The zero-order valence-electron chi connectivity index (χ0n) is 12.6. The lowest BCUT2D eigenvalue weighted by atomic mass is 9.92. The van der Waals surface area contributed by atoms with E-state index < -0.39 is 30.5 Å². The number of aryl methyl sites for hydroxylation is 1. The van der Waals surface area contributed by atoms with Crippen molar-refractivity contribution in [3.63, 3.8) is 0 Å². The van der Waals surface area contributed by atoms with Crippen molar-refractivity contribution in [3.05, 3.63) is 29.8 Å². The van der Waals surface area contributed by atoms with Gasteiger partial charge in [0.2, 0.25) is 0 Å². The fraction of sp³-hybridized carbons (Fsp3) is 0.529. The van der Waals surface area contributed by atoms with E-state index in [1.54, 1.807) is 6.92 Å². The molecule has 2 unspecified atom stereocenters. The molecule has 5 heteroatoms. The largest absolute Gasteiger partial charge is 0.399 e. The van der Waals surface area contributed by atoms with E-state index in [4.69, 9.17) is 10.5 Å². The van der Waals surface area contributed by atoms with Crippen LogP contribution in [0, 0.1) is 11.8 Å². The minimum atomic E-state index is -1.24. The molecule has 0 radical (unpaired) electrons. The maximum absolute atomic E-state index is 10.0. The SMILES string of the molecule is CC#CC1O[C@@H](CCCc2ccc(N)cc2)C(O)[C@@H](O)[C@@H]1O. The first-order valence-corrected chi connectivity index (χ1v) is 7.49. The highest BCUT2D eigenvalue weighted by Gasteiger charge is 2.42. The lowest BCUT2D eigenvalue weighted by Crippen LogP contribution is -2.57. The van der Waals surface area contributed by atoms with Gasteiger partial charge in [-0.05, 0) is 43.9 Å². The predicted octanol–water partition coefficient (Wildman–Crippen LogP) is 0.465. The van der Waals surface area contributed by atoms with E-state index in [-0.39, 0.29) is 0 Å². The smallest absolute Gasteiger partial charge is 0.147 e. The number of nitrogens with two attached hydrogens (primary N) is 1. The topological polar surface area (TPSA) is 95.9 Å². The Morgan fingerprint density at radius 3 is 2.41 bits per heavy atom. The van der Waals surface area contributed by atoms with Crippen LogP contribution < -0.4 is 5.73 Å². The molecule has 1 aliphatic heterocycles. The Morgan fingerprint density at radius 2 is 1.77 bits per heavy atom. The van der Waals surface area contributed by atoms with Crippen LogP contribution in [0.2, 0.25) is 0 Å². The molecule has 120 valence electrons. The molecule has 1 fully saturated rings. The molecule has 0 aromatic heterocycles. The first kappa shape index (κ1) is 16.8. The summed E-state index contributed by atoms with van der Waals surface area (Å²) >= 11 is 0. The van der Waals surface area contributed by atoms with Gasteiger partial charge in [-0.25, -0.2) is 0 Å². The second-order valence-electron chi connectivity index (χ2n) is 5.60. The van der Waals surface area contributed by atoms with Gasteiger partial charge in [0, 0.05) is 5.69 Å². The van der Waals surface area contributed by atoms with Crippen molar-refractivity contribution in [3.8, 4) is 11.8 Å². The van der Waals surface area contributed by atoms with Gasteiger partial charge in [0.25, 0.3) is 0 Å². The van der Waals surface area contributed by atoms with Crippen molar-refractivity contribution in [2.24, 2.45) is 0 Å². The van der Waals surface area contributed by atoms with Gasteiger partial charge >= 0.3 is 0 Å². The van der Waals surface area contributed by atoms with Crippen molar-refractivity contribution >= 4 is 5.69 Å². The quantitative estimate of drug-likeness (QED) is 0.479. The summed E-state index contributed by atoms with van der Waals surface area (Å²) in [6.07, 6.45) is -2.61. The third kappa shape index (κ3) is 3.99. The summed E-state index contributed by atoms with van der Waals surface area (Å²) in [5.74, 6) is 5.39. The highest BCUT2D eigenvalue weighted by atomic mass is 16.5. The second-order valence-corrected chi connectivity index (χ2v) is 5.60. The Balaban J connectivity index is 1.90. The second kappa shape index (κ2) is 7.61. The van der Waals surface area contributed by atoms with E-state index in [1.165, 1.54) is 0 Å². The first-order valence-electron chi connectivity index (χ1n) is 7.49. The molecule has 22 heavy (non-hydrogen) atoms. The molecule has 1 aliphatic rings. The Morgan fingerprint density at radius 1 is 1.09 bits per heavy atom.